The molecule has 0 aliphatic rings. The average Bonchev–Trinajstić information content (AvgIpc) is 2.58. The van der Waals surface area contributed by atoms with Crippen LogP contribution in [0.5, 0.6) is 0 Å². The highest BCUT2D eigenvalue weighted by molar-refractivity contribution is 7.99. The molecule has 88 valence electrons. The Balaban J connectivity index is 2.36. The van der Waals surface area contributed by atoms with Crippen LogP contribution in [-0.2, 0) is 7.05 Å². The lowest BCUT2D eigenvalue weighted by Gasteiger charge is -2.03. The van der Waals surface area contributed by atoms with Crippen LogP contribution in [0.3, 0.4) is 0 Å². The molecule has 0 atom stereocenters. The van der Waals surface area contributed by atoms with E-state index in [9.17, 15) is 4.79 Å². The van der Waals surface area contributed by atoms with E-state index >= 15 is 0 Å². The minimum atomic E-state index is -0.973. The van der Waals surface area contributed by atoms with Crippen molar-refractivity contribution in [1.29, 1.82) is 0 Å². The van der Waals surface area contributed by atoms with Crippen LogP contribution in [0.4, 0.5) is 0 Å². The number of nitrogens with zero attached hydrogens (tertiary/aromatic N) is 3. The van der Waals surface area contributed by atoms with Gasteiger partial charge in [-0.25, -0.2) is 9.78 Å². The molecule has 0 radical (unpaired) electrons. The number of hydrogen-bond donors (Lipinski definition) is 1. The van der Waals surface area contributed by atoms with E-state index in [1.807, 2.05) is 20.0 Å². The Morgan fingerprint density at radius 1 is 1.53 bits per heavy atom. The molecule has 0 unspecified atom stereocenters. The van der Waals surface area contributed by atoms with Crippen molar-refractivity contribution < 1.29 is 9.90 Å². The van der Waals surface area contributed by atoms with Crippen molar-refractivity contribution in [3.05, 3.63) is 35.7 Å². The third-order valence-electron chi connectivity index (χ3n) is 2.16. The van der Waals surface area contributed by atoms with E-state index in [4.69, 9.17) is 5.11 Å². The van der Waals surface area contributed by atoms with E-state index < -0.39 is 5.97 Å². The molecule has 2 rings (SSSR count). The van der Waals surface area contributed by atoms with Crippen LogP contribution >= 0.6 is 11.8 Å². The highest BCUT2D eigenvalue weighted by Crippen LogP contribution is 2.28. The second kappa shape index (κ2) is 4.58. The minimum absolute atomic E-state index is 0.205. The largest absolute Gasteiger partial charge is 0.478 e. The first-order valence-corrected chi connectivity index (χ1v) is 5.76. The van der Waals surface area contributed by atoms with Crippen molar-refractivity contribution in [3.8, 4) is 0 Å². The van der Waals surface area contributed by atoms with Gasteiger partial charge in [0.1, 0.15) is 10.1 Å². The summed E-state index contributed by atoms with van der Waals surface area (Å²) in [5.74, 6) is -0.973. The molecule has 0 saturated heterocycles. The molecule has 0 fully saturated rings. The smallest absolute Gasteiger partial charge is 0.338 e. The van der Waals surface area contributed by atoms with Gasteiger partial charge in [0, 0.05) is 13.2 Å². The zero-order chi connectivity index (χ0) is 12.4. The molecule has 17 heavy (non-hydrogen) atoms. The zero-order valence-electron chi connectivity index (χ0n) is 9.41. The normalized spacial score (nSPS) is 10.5. The number of aromatic carboxylic acids is 1. The van der Waals surface area contributed by atoms with Gasteiger partial charge in [0.25, 0.3) is 0 Å². The van der Waals surface area contributed by atoms with E-state index in [1.54, 1.807) is 23.0 Å². The van der Waals surface area contributed by atoms with Crippen LogP contribution in [-0.4, -0.2) is 25.8 Å². The Hall–Kier alpha value is -1.82. The lowest BCUT2D eigenvalue weighted by molar-refractivity contribution is 0.0692. The van der Waals surface area contributed by atoms with Gasteiger partial charge in [-0.15, -0.1) is 0 Å². The van der Waals surface area contributed by atoms with Gasteiger partial charge in [-0.05, 0) is 36.9 Å². The standard InChI is InChI=1S/C11H11N3O2S/c1-7-6-9(14(2)13-7)17-10-8(11(15)16)4-3-5-12-10/h3-6H,1-2H3,(H,15,16). The van der Waals surface area contributed by atoms with Gasteiger partial charge in [-0.2, -0.15) is 5.10 Å². The lowest BCUT2D eigenvalue weighted by Crippen LogP contribution is -2.01. The zero-order valence-corrected chi connectivity index (χ0v) is 10.2. The summed E-state index contributed by atoms with van der Waals surface area (Å²) < 4.78 is 1.71. The predicted molar refractivity (Wildman–Crippen MR) is 63.3 cm³/mol. The third kappa shape index (κ3) is 2.47. The molecular weight excluding hydrogens is 238 g/mol. The molecule has 0 aliphatic heterocycles. The highest BCUT2D eigenvalue weighted by atomic mass is 32.2. The molecule has 0 aliphatic carbocycles. The summed E-state index contributed by atoms with van der Waals surface area (Å²) in [6, 6.07) is 5.05. The number of aromatic nitrogens is 3. The minimum Gasteiger partial charge on any atom is -0.478 e. The number of rotatable bonds is 3. The van der Waals surface area contributed by atoms with E-state index in [-0.39, 0.29) is 5.56 Å². The van der Waals surface area contributed by atoms with E-state index in [1.165, 1.54) is 11.8 Å². The average molecular weight is 249 g/mol. The summed E-state index contributed by atoms with van der Waals surface area (Å²) in [4.78, 5) is 15.1. The number of carboxylic acids is 1. The second-order valence-corrected chi connectivity index (χ2v) is 4.52. The maximum atomic E-state index is 11.0. The van der Waals surface area contributed by atoms with Crippen molar-refractivity contribution in [2.45, 2.75) is 17.0 Å². The van der Waals surface area contributed by atoms with Crippen LogP contribution in [0.2, 0.25) is 0 Å². The summed E-state index contributed by atoms with van der Waals surface area (Å²) in [5, 5.41) is 14.6. The first-order chi connectivity index (χ1) is 8.08. The van der Waals surface area contributed by atoms with Crippen LogP contribution in [0.25, 0.3) is 0 Å². The first kappa shape index (κ1) is 11.7. The highest BCUT2D eigenvalue weighted by Gasteiger charge is 2.13. The number of carbonyl (C=O) groups is 1. The number of aryl methyl sites for hydroxylation is 2. The van der Waals surface area contributed by atoms with E-state index in [0.717, 1.165) is 10.7 Å². The maximum Gasteiger partial charge on any atom is 0.338 e. The molecule has 2 aromatic rings. The summed E-state index contributed by atoms with van der Waals surface area (Å²) in [6.07, 6.45) is 1.58. The Kier molecular flexibility index (Phi) is 3.14. The molecule has 0 bridgehead atoms. The quantitative estimate of drug-likeness (QED) is 0.900. The molecule has 0 aromatic carbocycles. The van der Waals surface area contributed by atoms with Crippen molar-refractivity contribution in [2.24, 2.45) is 7.05 Å². The fraction of sp³-hybridized carbons (Fsp3) is 0.182. The van der Waals surface area contributed by atoms with Crippen molar-refractivity contribution >= 4 is 17.7 Å². The van der Waals surface area contributed by atoms with Crippen LogP contribution in [0.15, 0.2) is 34.4 Å². The number of carboxylic acid groups (broad SMARTS) is 1. The Morgan fingerprint density at radius 3 is 2.88 bits per heavy atom. The fourth-order valence-corrected chi connectivity index (χ4v) is 2.40. The molecular formula is C11H11N3O2S. The van der Waals surface area contributed by atoms with E-state index in [2.05, 4.69) is 10.1 Å². The molecule has 2 heterocycles. The first-order valence-electron chi connectivity index (χ1n) is 4.94. The molecule has 1 N–H and O–H groups in total. The Labute approximate surface area is 102 Å². The fourth-order valence-electron chi connectivity index (χ4n) is 1.42. The van der Waals surface area contributed by atoms with E-state index in [0.29, 0.717) is 5.03 Å². The SMILES string of the molecule is Cc1cc(Sc2ncccc2C(=O)O)n(C)n1. The molecule has 6 heteroatoms. The number of hydrogen-bond acceptors (Lipinski definition) is 4. The molecule has 0 amide bonds. The van der Waals surface area contributed by atoms with Crippen LogP contribution in [0.1, 0.15) is 16.1 Å². The summed E-state index contributed by atoms with van der Waals surface area (Å²) in [7, 11) is 1.82. The van der Waals surface area contributed by atoms with Gasteiger partial charge in [0.15, 0.2) is 0 Å². The maximum absolute atomic E-state index is 11.0. The summed E-state index contributed by atoms with van der Waals surface area (Å²) in [6.45, 7) is 1.89. The Morgan fingerprint density at radius 2 is 2.29 bits per heavy atom. The van der Waals surface area contributed by atoms with Crippen LogP contribution < -0.4 is 0 Å². The lowest BCUT2D eigenvalue weighted by atomic mass is 10.3. The monoisotopic (exact) mass is 249 g/mol. The number of pyridine rings is 1. The van der Waals surface area contributed by atoms with Crippen LogP contribution in [0, 0.1) is 6.92 Å². The van der Waals surface area contributed by atoms with Gasteiger partial charge in [-0.3, -0.25) is 4.68 Å². The molecule has 0 saturated carbocycles. The van der Waals surface area contributed by atoms with Crippen molar-refractivity contribution in [3.63, 3.8) is 0 Å². The van der Waals surface area contributed by atoms with Gasteiger partial charge in [0.05, 0.1) is 11.3 Å². The van der Waals surface area contributed by atoms with Gasteiger partial charge in [0.2, 0.25) is 0 Å². The molecule has 0 spiro atoms. The van der Waals surface area contributed by atoms with Crippen molar-refractivity contribution in [1.82, 2.24) is 14.8 Å². The molecule has 5 nitrogen and oxygen atoms in total. The van der Waals surface area contributed by atoms with Gasteiger partial charge >= 0.3 is 5.97 Å². The van der Waals surface area contributed by atoms with Gasteiger partial charge < -0.3 is 5.11 Å². The second-order valence-electron chi connectivity index (χ2n) is 3.51. The topological polar surface area (TPSA) is 68.0 Å². The van der Waals surface area contributed by atoms with Crippen molar-refractivity contribution in [2.75, 3.05) is 0 Å². The third-order valence-corrected chi connectivity index (χ3v) is 3.27. The summed E-state index contributed by atoms with van der Waals surface area (Å²) >= 11 is 1.30. The Bertz CT molecular complexity index is 566. The predicted octanol–water partition coefficient (Wildman–Crippen LogP) is 1.97. The summed E-state index contributed by atoms with van der Waals surface area (Å²) in [5.41, 5.74) is 1.10. The van der Waals surface area contributed by atoms with Gasteiger partial charge in [-0.1, -0.05) is 0 Å². The molecule has 2 aromatic heterocycles.